The third-order valence-electron chi connectivity index (χ3n) is 3.91. The molecule has 0 spiro atoms. The van der Waals surface area contributed by atoms with Gasteiger partial charge in [0.15, 0.2) is 5.78 Å². The number of carbonyl (C=O) groups excluding carboxylic acids is 1. The van der Waals surface area contributed by atoms with Crippen molar-refractivity contribution < 1.29 is 4.79 Å². The number of aryl methyl sites for hydroxylation is 1. The van der Waals surface area contributed by atoms with Gasteiger partial charge >= 0.3 is 0 Å². The second-order valence-electron chi connectivity index (χ2n) is 5.29. The van der Waals surface area contributed by atoms with Crippen LogP contribution in [0.25, 0.3) is 22.5 Å². The molecular weight excluding hydrogens is 262 g/mol. The number of ketones is 1. The Hall–Kier alpha value is -2.88. The summed E-state index contributed by atoms with van der Waals surface area (Å²) in [6.07, 6.45) is 0. The highest BCUT2D eigenvalue weighted by Crippen LogP contribution is 2.41. The minimum Gasteiger partial charge on any atom is -0.398 e. The van der Waals surface area contributed by atoms with Crippen molar-refractivity contribution in [2.24, 2.45) is 0 Å². The van der Waals surface area contributed by atoms with Crippen LogP contribution in [0.3, 0.4) is 0 Å². The fraction of sp³-hybridized carbons (Fsp3) is 0.0588. The monoisotopic (exact) mass is 275 g/mol. The molecule has 21 heavy (non-hydrogen) atoms. The molecular formula is C17H13N3O. The van der Waals surface area contributed by atoms with Gasteiger partial charge in [0.05, 0.1) is 16.8 Å². The molecule has 4 heteroatoms. The van der Waals surface area contributed by atoms with Crippen molar-refractivity contribution >= 4 is 11.5 Å². The van der Waals surface area contributed by atoms with Gasteiger partial charge in [-0.05, 0) is 13.0 Å². The van der Waals surface area contributed by atoms with Gasteiger partial charge in [-0.2, -0.15) is 5.10 Å². The molecule has 0 fully saturated rings. The molecule has 3 aromatic rings. The molecule has 0 unspecified atom stereocenters. The minimum atomic E-state index is -0.0533. The SMILES string of the molecule is Cc1ccc(-c2n[nH]c3c2C(=O)c2c(N)cccc2-3)cc1. The van der Waals surface area contributed by atoms with Crippen LogP contribution in [0.1, 0.15) is 21.5 Å². The molecule has 0 saturated heterocycles. The second-order valence-corrected chi connectivity index (χ2v) is 5.29. The first-order chi connectivity index (χ1) is 10.2. The van der Waals surface area contributed by atoms with Crippen molar-refractivity contribution in [1.29, 1.82) is 0 Å². The molecule has 1 aliphatic carbocycles. The fourth-order valence-electron chi connectivity index (χ4n) is 2.84. The summed E-state index contributed by atoms with van der Waals surface area (Å²) in [7, 11) is 0. The lowest BCUT2D eigenvalue weighted by Gasteiger charge is -2.02. The van der Waals surface area contributed by atoms with Gasteiger partial charge in [-0.1, -0.05) is 42.0 Å². The molecule has 1 aliphatic rings. The van der Waals surface area contributed by atoms with E-state index in [-0.39, 0.29) is 5.78 Å². The zero-order chi connectivity index (χ0) is 14.6. The predicted molar refractivity (Wildman–Crippen MR) is 82.0 cm³/mol. The Morgan fingerprint density at radius 1 is 1.05 bits per heavy atom. The van der Waals surface area contributed by atoms with Gasteiger partial charge < -0.3 is 5.73 Å². The van der Waals surface area contributed by atoms with Crippen LogP contribution in [-0.2, 0) is 0 Å². The van der Waals surface area contributed by atoms with Crippen molar-refractivity contribution in [3.8, 4) is 22.5 Å². The second kappa shape index (κ2) is 4.06. The topological polar surface area (TPSA) is 71.8 Å². The van der Waals surface area contributed by atoms with E-state index in [0.717, 1.165) is 16.8 Å². The highest BCUT2D eigenvalue weighted by Gasteiger charge is 2.33. The first-order valence-corrected chi connectivity index (χ1v) is 6.76. The summed E-state index contributed by atoms with van der Waals surface area (Å²) in [5.41, 5.74) is 12.0. The van der Waals surface area contributed by atoms with Crippen LogP contribution < -0.4 is 5.73 Å². The number of benzene rings is 2. The summed E-state index contributed by atoms with van der Waals surface area (Å²) in [5.74, 6) is -0.0533. The van der Waals surface area contributed by atoms with E-state index >= 15 is 0 Å². The predicted octanol–water partition coefficient (Wildman–Crippen LogP) is 3.18. The molecule has 0 amide bonds. The van der Waals surface area contributed by atoms with Crippen molar-refractivity contribution in [3.05, 3.63) is 59.2 Å². The molecule has 0 bridgehead atoms. The van der Waals surface area contributed by atoms with E-state index in [1.807, 2.05) is 43.3 Å². The molecule has 102 valence electrons. The Bertz CT molecular complexity index is 876. The van der Waals surface area contributed by atoms with Gasteiger partial charge in [-0.15, -0.1) is 0 Å². The highest BCUT2D eigenvalue weighted by atomic mass is 16.1. The fourth-order valence-corrected chi connectivity index (χ4v) is 2.84. The zero-order valence-corrected chi connectivity index (χ0v) is 11.5. The number of nitrogens with one attached hydrogen (secondary N) is 1. The maximum Gasteiger partial charge on any atom is 0.200 e. The lowest BCUT2D eigenvalue weighted by molar-refractivity contribution is 0.104. The lowest BCUT2D eigenvalue weighted by Crippen LogP contribution is -2.02. The van der Waals surface area contributed by atoms with Crippen molar-refractivity contribution in [1.82, 2.24) is 10.2 Å². The number of hydrogen-bond acceptors (Lipinski definition) is 3. The van der Waals surface area contributed by atoms with Crippen LogP contribution in [0.2, 0.25) is 0 Å². The summed E-state index contributed by atoms with van der Waals surface area (Å²) < 4.78 is 0. The normalized spacial score (nSPS) is 12.3. The number of nitrogen functional groups attached to an aromatic ring is 1. The quantitative estimate of drug-likeness (QED) is 0.524. The number of aromatic amines is 1. The number of fused-ring (bicyclic) bond motifs is 3. The average Bonchev–Trinajstić information content (AvgIpc) is 3.02. The number of nitrogens with two attached hydrogens (primary N) is 1. The minimum absolute atomic E-state index is 0.0533. The van der Waals surface area contributed by atoms with Crippen molar-refractivity contribution in [2.45, 2.75) is 6.92 Å². The molecule has 4 nitrogen and oxygen atoms in total. The van der Waals surface area contributed by atoms with Gasteiger partial charge in [0, 0.05) is 16.8 Å². The van der Waals surface area contributed by atoms with Crippen molar-refractivity contribution in [3.63, 3.8) is 0 Å². The van der Waals surface area contributed by atoms with E-state index in [1.165, 1.54) is 5.56 Å². The maximum absolute atomic E-state index is 12.7. The number of carbonyl (C=O) groups is 1. The Morgan fingerprint density at radius 2 is 1.81 bits per heavy atom. The Morgan fingerprint density at radius 3 is 2.57 bits per heavy atom. The van der Waals surface area contributed by atoms with E-state index in [0.29, 0.717) is 22.5 Å². The standard InChI is InChI=1S/C17H13N3O/c1-9-5-7-10(8-6-9)15-14-16(20-19-15)11-3-2-4-12(18)13(11)17(14)21/h2-8H,18H2,1H3,(H,19,20). The van der Waals surface area contributed by atoms with Crippen LogP contribution in [0, 0.1) is 6.92 Å². The first-order valence-electron chi connectivity index (χ1n) is 6.76. The Labute approximate surface area is 121 Å². The molecule has 1 aromatic heterocycles. The molecule has 0 radical (unpaired) electrons. The molecule has 3 N–H and O–H groups in total. The summed E-state index contributed by atoms with van der Waals surface area (Å²) in [6.45, 7) is 2.03. The largest absolute Gasteiger partial charge is 0.398 e. The molecule has 2 aromatic carbocycles. The highest BCUT2D eigenvalue weighted by molar-refractivity contribution is 6.26. The van der Waals surface area contributed by atoms with E-state index in [2.05, 4.69) is 10.2 Å². The Kier molecular flexibility index (Phi) is 2.30. The molecule has 4 rings (SSSR count). The van der Waals surface area contributed by atoms with Gasteiger partial charge in [-0.3, -0.25) is 9.89 Å². The molecule has 0 atom stereocenters. The zero-order valence-electron chi connectivity index (χ0n) is 11.5. The number of hydrogen-bond donors (Lipinski definition) is 2. The number of H-pyrrole nitrogens is 1. The van der Waals surface area contributed by atoms with Crippen LogP contribution >= 0.6 is 0 Å². The number of aromatic nitrogens is 2. The van der Waals surface area contributed by atoms with E-state index in [9.17, 15) is 4.79 Å². The molecule has 0 saturated carbocycles. The third-order valence-corrected chi connectivity index (χ3v) is 3.91. The van der Waals surface area contributed by atoms with Gasteiger partial charge in [0.25, 0.3) is 0 Å². The van der Waals surface area contributed by atoms with Crippen LogP contribution in [0.4, 0.5) is 5.69 Å². The van der Waals surface area contributed by atoms with Crippen LogP contribution in [-0.4, -0.2) is 16.0 Å². The Balaban J connectivity index is 1.95. The van der Waals surface area contributed by atoms with Gasteiger partial charge in [0.2, 0.25) is 0 Å². The summed E-state index contributed by atoms with van der Waals surface area (Å²) in [6, 6.07) is 13.5. The van der Waals surface area contributed by atoms with E-state index < -0.39 is 0 Å². The van der Waals surface area contributed by atoms with Gasteiger partial charge in [0.1, 0.15) is 5.69 Å². The number of nitrogens with zero attached hydrogens (tertiary/aromatic N) is 1. The molecule has 0 aliphatic heterocycles. The van der Waals surface area contributed by atoms with Gasteiger partial charge in [-0.25, -0.2) is 0 Å². The molecule has 1 heterocycles. The summed E-state index contributed by atoms with van der Waals surface area (Å²) in [4.78, 5) is 12.7. The summed E-state index contributed by atoms with van der Waals surface area (Å²) >= 11 is 0. The van der Waals surface area contributed by atoms with E-state index in [4.69, 9.17) is 5.73 Å². The van der Waals surface area contributed by atoms with Crippen LogP contribution in [0.5, 0.6) is 0 Å². The lowest BCUT2D eigenvalue weighted by atomic mass is 10.0. The number of anilines is 1. The van der Waals surface area contributed by atoms with E-state index in [1.54, 1.807) is 6.07 Å². The summed E-state index contributed by atoms with van der Waals surface area (Å²) in [5, 5.41) is 7.32. The maximum atomic E-state index is 12.7. The third kappa shape index (κ3) is 1.56. The first kappa shape index (κ1) is 11.9. The van der Waals surface area contributed by atoms with Crippen LogP contribution in [0.15, 0.2) is 42.5 Å². The number of rotatable bonds is 1. The smallest absolute Gasteiger partial charge is 0.200 e. The average molecular weight is 275 g/mol. The van der Waals surface area contributed by atoms with Crippen molar-refractivity contribution in [2.75, 3.05) is 5.73 Å².